The van der Waals surface area contributed by atoms with E-state index in [1.807, 2.05) is 60.5 Å². The highest BCUT2D eigenvalue weighted by Gasteiger charge is 2.06. The molecule has 0 bridgehead atoms. The highest BCUT2D eigenvalue weighted by molar-refractivity contribution is 6.31. The molecular formula is C17H16ClN3. The smallest absolute Gasteiger partial charge is 0.0660 e. The lowest BCUT2D eigenvalue weighted by Crippen LogP contribution is -2.06. The summed E-state index contributed by atoms with van der Waals surface area (Å²) in [6, 6.07) is 16.2. The van der Waals surface area contributed by atoms with Crippen molar-refractivity contribution >= 4 is 11.6 Å². The Morgan fingerprint density at radius 3 is 2.62 bits per heavy atom. The summed E-state index contributed by atoms with van der Waals surface area (Å²) in [7, 11) is 1.91. The van der Waals surface area contributed by atoms with E-state index in [0.717, 1.165) is 33.9 Å². The van der Waals surface area contributed by atoms with Gasteiger partial charge in [0.25, 0.3) is 0 Å². The molecule has 0 radical (unpaired) electrons. The lowest BCUT2D eigenvalue weighted by atomic mass is 10.1. The van der Waals surface area contributed by atoms with Gasteiger partial charge in [0.2, 0.25) is 0 Å². The fourth-order valence-corrected chi connectivity index (χ4v) is 2.50. The lowest BCUT2D eigenvalue weighted by Gasteiger charge is -2.06. The first-order valence-electron chi connectivity index (χ1n) is 6.81. The molecule has 0 saturated carbocycles. The average molecular weight is 298 g/mol. The first kappa shape index (κ1) is 13.9. The molecule has 0 aliphatic heterocycles. The number of hydrogen-bond acceptors (Lipinski definition) is 2. The zero-order valence-corrected chi connectivity index (χ0v) is 12.5. The van der Waals surface area contributed by atoms with Crippen LogP contribution in [0.25, 0.3) is 16.8 Å². The molecule has 0 aliphatic carbocycles. The van der Waals surface area contributed by atoms with Crippen molar-refractivity contribution in [3.05, 3.63) is 71.5 Å². The van der Waals surface area contributed by atoms with Crippen molar-refractivity contribution in [3.63, 3.8) is 0 Å². The van der Waals surface area contributed by atoms with Gasteiger partial charge in [-0.1, -0.05) is 48.0 Å². The summed E-state index contributed by atoms with van der Waals surface area (Å²) in [4.78, 5) is 0. The molecule has 0 aliphatic rings. The van der Waals surface area contributed by atoms with Crippen LogP contribution in [0.1, 0.15) is 5.56 Å². The molecule has 0 fully saturated rings. The normalized spacial score (nSPS) is 10.8. The minimum atomic E-state index is 0.749. The van der Waals surface area contributed by atoms with Gasteiger partial charge in [-0.05, 0) is 30.3 Å². The Labute approximate surface area is 129 Å². The molecule has 0 spiro atoms. The van der Waals surface area contributed by atoms with Crippen molar-refractivity contribution in [3.8, 4) is 16.8 Å². The number of benzene rings is 2. The Morgan fingerprint density at radius 2 is 1.90 bits per heavy atom. The Balaban J connectivity index is 1.91. The van der Waals surface area contributed by atoms with Gasteiger partial charge in [-0.2, -0.15) is 5.10 Å². The predicted molar refractivity (Wildman–Crippen MR) is 86.8 cm³/mol. The quantitative estimate of drug-likeness (QED) is 0.791. The van der Waals surface area contributed by atoms with Gasteiger partial charge in [0.05, 0.1) is 11.9 Å². The van der Waals surface area contributed by atoms with Gasteiger partial charge in [0.1, 0.15) is 0 Å². The first-order valence-corrected chi connectivity index (χ1v) is 7.19. The molecule has 0 saturated heterocycles. The van der Waals surface area contributed by atoms with Gasteiger partial charge in [0.15, 0.2) is 0 Å². The molecule has 0 amide bonds. The summed E-state index contributed by atoms with van der Waals surface area (Å²) in [6.07, 6.45) is 3.88. The monoisotopic (exact) mass is 297 g/mol. The van der Waals surface area contributed by atoms with Crippen molar-refractivity contribution in [2.75, 3.05) is 7.05 Å². The average Bonchev–Trinajstić information content (AvgIpc) is 3.00. The molecule has 3 aromatic rings. The molecule has 1 aromatic heterocycles. The molecule has 1 heterocycles. The van der Waals surface area contributed by atoms with Crippen LogP contribution in [0, 0.1) is 0 Å². The van der Waals surface area contributed by atoms with Gasteiger partial charge in [-0.25, -0.2) is 4.68 Å². The van der Waals surface area contributed by atoms with Crippen LogP contribution in [-0.4, -0.2) is 16.8 Å². The van der Waals surface area contributed by atoms with Crippen molar-refractivity contribution in [2.45, 2.75) is 6.54 Å². The predicted octanol–water partition coefficient (Wildman–Crippen LogP) is 3.91. The van der Waals surface area contributed by atoms with Crippen molar-refractivity contribution in [1.29, 1.82) is 0 Å². The number of rotatable bonds is 4. The van der Waals surface area contributed by atoms with Crippen LogP contribution >= 0.6 is 11.6 Å². The number of hydrogen-bond donors (Lipinski definition) is 1. The van der Waals surface area contributed by atoms with E-state index in [9.17, 15) is 0 Å². The molecule has 0 unspecified atom stereocenters. The highest BCUT2D eigenvalue weighted by Crippen LogP contribution is 2.23. The number of nitrogens with zero attached hydrogens (tertiary/aromatic N) is 2. The summed E-state index contributed by atoms with van der Waals surface area (Å²) in [5.74, 6) is 0. The highest BCUT2D eigenvalue weighted by atomic mass is 35.5. The second kappa shape index (κ2) is 6.12. The Bertz CT molecular complexity index is 735. The van der Waals surface area contributed by atoms with Crippen LogP contribution in [0.2, 0.25) is 5.02 Å². The molecule has 1 N–H and O–H groups in total. The summed E-state index contributed by atoms with van der Waals surface area (Å²) in [6.45, 7) is 0.757. The van der Waals surface area contributed by atoms with E-state index in [2.05, 4.69) is 22.5 Å². The fourth-order valence-electron chi connectivity index (χ4n) is 2.26. The van der Waals surface area contributed by atoms with Crippen molar-refractivity contribution in [1.82, 2.24) is 15.1 Å². The van der Waals surface area contributed by atoms with Crippen LogP contribution < -0.4 is 5.32 Å². The van der Waals surface area contributed by atoms with Crippen LogP contribution in [0.5, 0.6) is 0 Å². The Hall–Kier alpha value is -2.10. The van der Waals surface area contributed by atoms with E-state index in [1.54, 1.807) is 0 Å². The third-order valence-electron chi connectivity index (χ3n) is 3.36. The fraction of sp³-hybridized carbons (Fsp3) is 0.118. The minimum Gasteiger partial charge on any atom is -0.316 e. The summed E-state index contributed by atoms with van der Waals surface area (Å²) < 4.78 is 1.84. The van der Waals surface area contributed by atoms with E-state index in [0.29, 0.717) is 0 Å². The third kappa shape index (κ3) is 2.99. The van der Waals surface area contributed by atoms with E-state index < -0.39 is 0 Å². The molecule has 3 rings (SSSR count). The van der Waals surface area contributed by atoms with Crippen LogP contribution in [0.15, 0.2) is 60.9 Å². The maximum absolute atomic E-state index is 6.30. The third-order valence-corrected chi connectivity index (χ3v) is 3.71. The molecule has 106 valence electrons. The largest absolute Gasteiger partial charge is 0.316 e. The zero-order valence-electron chi connectivity index (χ0n) is 11.8. The molecule has 3 nitrogen and oxygen atoms in total. The van der Waals surface area contributed by atoms with Crippen LogP contribution in [0.4, 0.5) is 0 Å². The van der Waals surface area contributed by atoms with Gasteiger partial charge >= 0.3 is 0 Å². The number of nitrogens with one attached hydrogen (secondary N) is 1. The second-order valence-electron chi connectivity index (χ2n) is 4.85. The summed E-state index contributed by atoms with van der Waals surface area (Å²) in [5, 5.41) is 8.27. The zero-order chi connectivity index (χ0) is 14.7. The molecule has 4 heteroatoms. The second-order valence-corrected chi connectivity index (χ2v) is 5.25. The number of halogens is 1. The van der Waals surface area contributed by atoms with E-state index in [1.165, 1.54) is 0 Å². The maximum Gasteiger partial charge on any atom is 0.0660 e. The molecule has 2 aromatic carbocycles. The van der Waals surface area contributed by atoms with Gasteiger partial charge < -0.3 is 5.32 Å². The molecule has 0 atom stereocenters. The van der Waals surface area contributed by atoms with Crippen LogP contribution in [-0.2, 0) is 6.54 Å². The maximum atomic E-state index is 6.30. The topological polar surface area (TPSA) is 29.9 Å². The van der Waals surface area contributed by atoms with Gasteiger partial charge in [-0.15, -0.1) is 0 Å². The Kier molecular flexibility index (Phi) is 4.04. The van der Waals surface area contributed by atoms with Crippen molar-refractivity contribution < 1.29 is 0 Å². The molecular weight excluding hydrogens is 282 g/mol. The van der Waals surface area contributed by atoms with E-state index >= 15 is 0 Å². The van der Waals surface area contributed by atoms with E-state index in [-0.39, 0.29) is 0 Å². The number of aromatic nitrogens is 2. The Morgan fingerprint density at radius 1 is 1.10 bits per heavy atom. The summed E-state index contributed by atoms with van der Waals surface area (Å²) >= 11 is 6.30. The minimum absolute atomic E-state index is 0.749. The standard InChI is InChI=1S/C17H16ClN3/c1-19-10-14-7-8-16(9-17(14)18)21-12-15(11-20-21)13-5-3-2-4-6-13/h2-9,11-12,19H,10H2,1H3. The summed E-state index contributed by atoms with van der Waals surface area (Å²) in [5.41, 5.74) is 4.29. The van der Waals surface area contributed by atoms with E-state index in [4.69, 9.17) is 11.6 Å². The SMILES string of the molecule is CNCc1ccc(-n2cc(-c3ccccc3)cn2)cc1Cl. The molecule has 21 heavy (non-hydrogen) atoms. The van der Waals surface area contributed by atoms with Gasteiger partial charge in [0, 0.05) is 23.3 Å². The van der Waals surface area contributed by atoms with Gasteiger partial charge in [-0.3, -0.25) is 0 Å². The van der Waals surface area contributed by atoms with Crippen molar-refractivity contribution in [2.24, 2.45) is 0 Å². The lowest BCUT2D eigenvalue weighted by molar-refractivity contribution is 0.815. The first-order chi connectivity index (χ1) is 10.3. The van der Waals surface area contributed by atoms with Crippen LogP contribution in [0.3, 0.4) is 0 Å².